The Hall–Kier alpha value is -3.26. The van der Waals surface area contributed by atoms with Gasteiger partial charge in [-0.3, -0.25) is 4.79 Å². The van der Waals surface area contributed by atoms with Crippen LogP contribution in [0.15, 0.2) is 100.0 Å². The predicted molar refractivity (Wildman–Crippen MR) is 308 cm³/mol. The molecule has 6 rings (SSSR count). The lowest BCUT2D eigenvalue weighted by Gasteiger charge is -2.08. The number of ether oxygens (including phenoxy) is 3. The van der Waals surface area contributed by atoms with E-state index < -0.39 is 0 Å². The molecule has 4 bridgehead atoms. The molecule has 4 atom stereocenters. The first kappa shape index (κ1) is 119. The van der Waals surface area contributed by atoms with Crippen molar-refractivity contribution in [2.75, 3.05) is 13.2 Å². The van der Waals surface area contributed by atoms with Crippen molar-refractivity contribution in [1.82, 2.24) is 0 Å². The summed E-state index contributed by atoms with van der Waals surface area (Å²) < 4.78 is 20.6. The van der Waals surface area contributed by atoms with Gasteiger partial charge in [0, 0.05) is 18.6 Å². The van der Waals surface area contributed by atoms with Gasteiger partial charge in [-0.2, -0.15) is 0 Å². The van der Waals surface area contributed by atoms with Gasteiger partial charge in [-0.05, 0) is 63.8 Å². The van der Waals surface area contributed by atoms with Gasteiger partial charge in [-0.1, -0.05) is 235 Å². The highest BCUT2D eigenvalue weighted by molar-refractivity contribution is 5.98. The fraction of sp³-hybridized carbons (Fsp3) is 0.684. The van der Waals surface area contributed by atoms with E-state index in [-0.39, 0.29) is 154 Å². The molecule has 1 aromatic rings. The molecule has 1 aromatic heterocycles. The molecule has 7 nitrogen and oxygen atoms in total. The topological polar surface area (TPSA) is 95.2 Å². The number of fused-ring (bicyclic) bond motifs is 4. The van der Waals surface area contributed by atoms with Gasteiger partial charge in [-0.15, -0.1) is 0 Å². The smallest absolute Gasteiger partial charge is 0.337 e. The summed E-state index contributed by atoms with van der Waals surface area (Å²) in [5.74, 6) is 0.0219. The molecule has 0 saturated heterocycles. The molecule has 0 fully saturated rings. The number of furan rings is 1. The van der Waals surface area contributed by atoms with Crippen LogP contribution in [-0.2, 0) is 23.8 Å². The SMILES string of the molecule is C.C.C.C.C.C.C.C.C.C.C.C.C.C.C.C1=CCC=C1.CC.CC.CCC.CCC.CCCC(=O)C1=C(C)C2C=CC1O2.CCO.CCOC(=O)C1=C(C)C2C=CC1O2.c1ccoc1. The zero-order valence-corrected chi connectivity index (χ0v) is 33.1. The second-order valence-corrected chi connectivity index (χ2v) is 10.4. The van der Waals surface area contributed by atoms with E-state index in [1.54, 1.807) is 26.4 Å². The van der Waals surface area contributed by atoms with Crippen molar-refractivity contribution in [3.05, 3.63) is 95.6 Å². The fourth-order valence-corrected chi connectivity index (χ4v) is 4.32. The zero-order chi connectivity index (χ0) is 38.0. The third-order valence-corrected chi connectivity index (χ3v) is 6.13. The van der Waals surface area contributed by atoms with Crippen LogP contribution in [0, 0.1) is 0 Å². The molecule has 4 unspecified atom stereocenters. The molecule has 0 spiro atoms. The summed E-state index contributed by atoms with van der Waals surface area (Å²) in [5.41, 5.74) is 3.71. The minimum Gasteiger partial charge on any atom is -0.473 e. The Morgan fingerprint density at radius 2 is 0.859 bits per heavy atom. The molecule has 0 amide bonds. The van der Waals surface area contributed by atoms with Crippen LogP contribution in [0.5, 0.6) is 0 Å². The van der Waals surface area contributed by atoms with E-state index in [9.17, 15) is 9.59 Å². The first-order valence-corrected chi connectivity index (χ1v) is 18.4. The minimum atomic E-state index is -0.239. The number of hydrogen-bond donors (Lipinski definition) is 1. The first-order chi connectivity index (χ1) is 23.7. The van der Waals surface area contributed by atoms with E-state index in [0.29, 0.717) is 18.6 Å². The van der Waals surface area contributed by atoms with Crippen molar-refractivity contribution >= 4 is 11.8 Å². The van der Waals surface area contributed by atoms with E-state index in [1.165, 1.54) is 12.8 Å². The molecule has 5 aliphatic rings. The van der Waals surface area contributed by atoms with Crippen molar-refractivity contribution in [2.45, 2.75) is 258 Å². The number of aliphatic hydroxyl groups excluding tert-OH is 1. The number of allylic oxidation sites excluding steroid dienone is 4. The molecule has 0 radical (unpaired) electrons. The third kappa shape index (κ3) is 49.8. The van der Waals surface area contributed by atoms with Crippen LogP contribution in [0.4, 0.5) is 0 Å². The molecular weight excluding hydrogens is 797 g/mol. The van der Waals surface area contributed by atoms with Crippen LogP contribution in [0.2, 0.25) is 0 Å². The Labute approximate surface area is 410 Å². The van der Waals surface area contributed by atoms with Crippen LogP contribution >= 0.6 is 0 Å². The van der Waals surface area contributed by atoms with Crippen molar-refractivity contribution in [2.24, 2.45) is 0 Å². The Morgan fingerprint density at radius 3 is 1.06 bits per heavy atom. The average Bonchev–Trinajstić information content (AvgIpc) is 3.96. The molecule has 4 aliphatic heterocycles. The molecule has 400 valence electrons. The summed E-state index contributed by atoms with van der Waals surface area (Å²) in [6, 6.07) is 3.67. The quantitative estimate of drug-likeness (QED) is 0.232. The van der Waals surface area contributed by atoms with Crippen LogP contribution in [0.3, 0.4) is 0 Å². The summed E-state index contributed by atoms with van der Waals surface area (Å²) in [6.07, 6.45) is 24.6. The summed E-state index contributed by atoms with van der Waals surface area (Å²) in [5, 5.41) is 7.57. The van der Waals surface area contributed by atoms with Gasteiger partial charge in [0.1, 0.15) is 12.2 Å². The number of carbonyl (C=O) groups is 2. The summed E-state index contributed by atoms with van der Waals surface area (Å²) in [6.45, 7) is 26.6. The summed E-state index contributed by atoms with van der Waals surface area (Å²) in [4.78, 5) is 23.1. The van der Waals surface area contributed by atoms with Gasteiger partial charge >= 0.3 is 5.97 Å². The van der Waals surface area contributed by atoms with E-state index in [1.807, 2.05) is 84.9 Å². The Bertz CT molecular complexity index is 1030. The van der Waals surface area contributed by atoms with Crippen LogP contribution in [0.25, 0.3) is 0 Å². The zero-order valence-electron chi connectivity index (χ0n) is 33.1. The Balaban J connectivity index is -0.0000000244. The highest BCUT2D eigenvalue weighted by Crippen LogP contribution is 2.35. The molecule has 5 heterocycles. The van der Waals surface area contributed by atoms with Crippen molar-refractivity contribution in [3.63, 3.8) is 0 Å². The number of rotatable bonds is 5. The summed E-state index contributed by atoms with van der Waals surface area (Å²) in [7, 11) is 0. The van der Waals surface area contributed by atoms with Gasteiger partial charge in [0.15, 0.2) is 5.78 Å². The van der Waals surface area contributed by atoms with Gasteiger partial charge < -0.3 is 23.7 Å². The molecular formula is C57H130O7. The molecule has 7 heteroatoms. The maximum absolute atomic E-state index is 11.7. The minimum absolute atomic E-state index is 0. The molecule has 1 N–H and O–H groups in total. The van der Waals surface area contributed by atoms with Gasteiger partial charge in [-0.25, -0.2) is 4.79 Å². The van der Waals surface area contributed by atoms with Gasteiger partial charge in [0.05, 0.1) is 36.9 Å². The van der Waals surface area contributed by atoms with E-state index in [0.717, 1.165) is 29.6 Å². The molecule has 0 aromatic carbocycles. The Kier molecular flexibility index (Phi) is 154. The van der Waals surface area contributed by atoms with Crippen LogP contribution in [-0.4, -0.2) is 54.5 Å². The standard InChI is InChI=1S/C11H14O2.C10H12O3.C5H6.C4H4O.2C3H8.C2H6O.2C2H6.15CH4/c1-3-4-8(12)11-7(2)9-5-6-10(11)13-9;1-3-12-10(11)9-6(2)7-4-5-8(9)13-7;2*1-2-4-5-3-1;2*1-3-2;1-2-3;2*1-2;;;;;;;;;;;;;;;/h5-6,9-10H,3-4H2,1-2H3;4-5,7-8H,3H2,1-2H3;1-4H,5H2;1-4H;2*3H2,1-2H3;3H,2H2,1H3;2*1-2H3;15*1H4. The van der Waals surface area contributed by atoms with Crippen LogP contribution < -0.4 is 0 Å². The number of ketones is 1. The lowest BCUT2D eigenvalue weighted by atomic mass is 9.93. The second-order valence-electron chi connectivity index (χ2n) is 10.4. The number of Topliss-reactive ketones (excluding diaryl/α,β-unsaturated/α-hetero) is 1. The van der Waals surface area contributed by atoms with Crippen molar-refractivity contribution < 1.29 is 33.3 Å². The van der Waals surface area contributed by atoms with Crippen LogP contribution in [0.1, 0.15) is 234 Å². The first-order valence-electron chi connectivity index (χ1n) is 18.4. The van der Waals surface area contributed by atoms with Gasteiger partial charge in [0.25, 0.3) is 0 Å². The van der Waals surface area contributed by atoms with E-state index >= 15 is 0 Å². The summed E-state index contributed by atoms with van der Waals surface area (Å²) >= 11 is 0. The average molecular weight is 928 g/mol. The normalized spacial score (nSPS) is 15.3. The van der Waals surface area contributed by atoms with Crippen molar-refractivity contribution in [1.29, 1.82) is 0 Å². The number of esters is 1. The Morgan fingerprint density at radius 1 is 0.562 bits per heavy atom. The number of carbonyl (C=O) groups excluding carboxylic acids is 2. The number of aliphatic hydroxyl groups is 1. The lowest BCUT2D eigenvalue weighted by molar-refractivity contribution is -0.139. The monoisotopic (exact) mass is 927 g/mol. The second kappa shape index (κ2) is 83.3. The van der Waals surface area contributed by atoms with E-state index in [2.05, 4.69) is 56.4 Å². The predicted octanol–water partition coefficient (Wildman–Crippen LogP) is 20.4. The van der Waals surface area contributed by atoms with Crippen molar-refractivity contribution in [3.8, 4) is 0 Å². The lowest BCUT2D eigenvalue weighted by Crippen LogP contribution is -2.16. The highest BCUT2D eigenvalue weighted by atomic mass is 16.5. The maximum Gasteiger partial charge on any atom is 0.337 e. The molecule has 1 aliphatic carbocycles. The molecule has 64 heavy (non-hydrogen) atoms. The highest BCUT2D eigenvalue weighted by Gasteiger charge is 2.38. The third-order valence-electron chi connectivity index (χ3n) is 6.13. The maximum atomic E-state index is 11.7. The largest absolute Gasteiger partial charge is 0.473 e. The fourth-order valence-electron chi connectivity index (χ4n) is 4.32. The number of hydrogen-bond acceptors (Lipinski definition) is 7. The van der Waals surface area contributed by atoms with E-state index in [4.69, 9.17) is 19.3 Å². The van der Waals surface area contributed by atoms with Gasteiger partial charge in [0.2, 0.25) is 0 Å². The molecule has 0 saturated carbocycles.